The first-order valence-corrected chi connectivity index (χ1v) is 20.4. The molecule has 0 fully saturated rings. The topological polar surface area (TPSA) is 93.9 Å². The van der Waals surface area contributed by atoms with E-state index in [0.29, 0.717) is 23.3 Å². The van der Waals surface area contributed by atoms with Crippen molar-refractivity contribution in [2.75, 3.05) is 14.2 Å². The lowest BCUT2D eigenvalue weighted by molar-refractivity contribution is 0.414. The van der Waals surface area contributed by atoms with Crippen LogP contribution in [0, 0.1) is 0 Å². The molecule has 0 bridgehead atoms. The molecule has 0 saturated carbocycles. The molecule has 1 aliphatic rings. The van der Waals surface area contributed by atoms with Crippen LogP contribution in [0.2, 0.25) is 0 Å². The van der Waals surface area contributed by atoms with Crippen LogP contribution in [0.15, 0.2) is 204 Å². The molecule has 1 aromatic heterocycles. The number of methoxy groups -OCH3 is 2. The summed E-state index contributed by atoms with van der Waals surface area (Å²) in [5.41, 5.74) is 9.92. The van der Waals surface area contributed by atoms with Gasteiger partial charge in [-0.3, -0.25) is 0 Å². The number of amidine groups is 2. The first kappa shape index (κ1) is 38.0. The highest BCUT2D eigenvalue weighted by molar-refractivity contribution is 6.14. The van der Waals surface area contributed by atoms with Crippen LogP contribution in [0.5, 0.6) is 11.5 Å². The van der Waals surface area contributed by atoms with E-state index in [9.17, 15) is 0 Å². The maximum absolute atomic E-state index is 5.43. The molecule has 0 amide bonds. The Labute approximate surface area is 360 Å². The molecule has 8 aromatic carbocycles. The fourth-order valence-corrected chi connectivity index (χ4v) is 7.84. The summed E-state index contributed by atoms with van der Waals surface area (Å²) in [6, 6.07) is 65.9. The van der Waals surface area contributed by atoms with Crippen LogP contribution in [0.4, 0.5) is 0 Å². The SMILES string of the molecule is COc1ccc(C2=NC(c3ccccc3)NC(c3cccc(-c4cccc5cccc(-c6cccc(-c7nc(-c8ccccc8)nc(-c8ccc(OC)cc8)n7)c6)c45)c3)=N2)cc1. The zero-order chi connectivity index (χ0) is 41.8. The number of ether oxygens (including phenoxy) is 2. The van der Waals surface area contributed by atoms with Gasteiger partial charge in [0.05, 0.1) is 14.2 Å². The molecule has 1 atom stereocenters. The fraction of sp³-hybridized carbons (Fsp3) is 0.0556. The molecule has 1 aliphatic heterocycles. The molecule has 298 valence electrons. The highest BCUT2D eigenvalue weighted by atomic mass is 16.5. The summed E-state index contributed by atoms with van der Waals surface area (Å²) in [5, 5.41) is 5.91. The number of hydrogen-bond acceptors (Lipinski definition) is 8. The molecule has 0 saturated heterocycles. The number of aliphatic imine (C=N–C) groups is 2. The van der Waals surface area contributed by atoms with E-state index in [1.54, 1.807) is 14.2 Å². The Kier molecular flexibility index (Phi) is 10.3. The number of fused-ring (bicyclic) bond motifs is 1. The summed E-state index contributed by atoms with van der Waals surface area (Å²) in [6.07, 6.45) is -0.318. The van der Waals surface area contributed by atoms with E-state index >= 15 is 0 Å². The Bertz CT molecular complexity index is 3110. The van der Waals surface area contributed by atoms with E-state index in [4.69, 9.17) is 34.4 Å². The lowest BCUT2D eigenvalue weighted by atomic mass is 9.90. The molecule has 10 rings (SSSR count). The molecule has 9 aromatic rings. The number of rotatable bonds is 10. The van der Waals surface area contributed by atoms with Crippen molar-refractivity contribution < 1.29 is 9.47 Å². The molecule has 8 nitrogen and oxygen atoms in total. The second-order valence-electron chi connectivity index (χ2n) is 14.9. The Hall–Kier alpha value is -8.23. The highest BCUT2D eigenvalue weighted by Gasteiger charge is 2.22. The summed E-state index contributed by atoms with van der Waals surface area (Å²) in [6.45, 7) is 0. The third-order valence-electron chi connectivity index (χ3n) is 11.0. The number of hydrogen-bond donors (Lipinski definition) is 1. The van der Waals surface area contributed by atoms with Gasteiger partial charge in [0, 0.05) is 27.8 Å². The molecule has 1 N–H and O–H groups in total. The third kappa shape index (κ3) is 7.69. The Balaban J connectivity index is 1.05. The fourth-order valence-electron chi connectivity index (χ4n) is 7.84. The van der Waals surface area contributed by atoms with Gasteiger partial charge >= 0.3 is 0 Å². The van der Waals surface area contributed by atoms with Gasteiger partial charge in [0.2, 0.25) is 0 Å². The maximum Gasteiger partial charge on any atom is 0.164 e. The summed E-state index contributed by atoms with van der Waals surface area (Å²) in [4.78, 5) is 25.1. The van der Waals surface area contributed by atoms with Gasteiger partial charge in [-0.05, 0) is 99.3 Å². The average Bonchev–Trinajstić information content (AvgIpc) is 3.36. The molecule has 0 spiro atoms. The molecule has 0 aliphatic carbocycles. The van der Waals surface area contributed by atoms with Crippen LogP contribution in [-0.2, 0) is 0 Å². The first-order valence-electron chi connectivity index (χ1n) is 20.4. The molecular weight excluding hydrogens is 765 g/mol. The van der Waals surface area contributed by atoms with E-state index in [1.807, 2.05) is 97.1 Å². The smallest absolute Gasteiger partial charge is 0.164 e. The van der Waals surface area contributed by atoms with Crippen molar-refractivity contribution in [1.82, 2.24) is 20.3 Å². The first-order chi connectivity index (χ1) is 30.6. The van der Waals surface area contributed by atoms with Gasteiger partial charge in [0.15, 0.2) is 23.3 Å². The van der Waals surface area contributed by atoms with Gasteiger partial charge in [-0.1, -0.05) is 133 Å². The van der Waals surface area contributed by atoms with Crippen molar-refractivity contribution in [3.05, 3.63) is 211 Å². The molecule has 1 unspecified atom stereocenters. The van der Waals surface area contributed by atoms with Crippen molar-refractivity contribution in [2.45, 2.75) is 6.17 Å². The van der Waals surface area contributed by atoms with E-state index in [1.165, 1.54) is 0 Å². The predicted octanol–water partition coefficient (Wildman–Crippen LogP) is 11.9. The van der Waals surface area contributed by atoms with Gasteiger partial charge in [-0.25, -0.2) is 24.9 Å². The number of benzene rings is 8. The summed E-state index contributed by atoms with van der Waals surface area (Å²) < 4.78 is 10.9. The zero-order valence-corrected chi connectivity index (χ0v) is 34.1. The highest BCUT2D eigenvalue weighted by Crippen LogP contribution is 2.38. The van der Waals surface area contributed by atoms with Crippen LogP contribution in [0.1, 0.15) is 22.9 Å². The molecule has 0 radical (unpaired) electrons. The van der Waals surface area contributed by atoms with Crippen LogP contribution < -0.4 is 14.8 Å². The Morgan fingerprint density at radius 3 is 1.48 bits per heavy atom. The third-order valence-corrected chi connectivity index (χ3v) is 11.0. The van der Waals surface area contributed by atoms with Crippen molar-refractivity contribution in [2.24, 2.45) is 9.98 Å². The Morgan fingerprint density at radius 2 is 0.887 bits per heavy atom. The van der Waals surface area contributed by atoms with E-state index < -0.39 is 0 Å². The second-order valence-corrected chi connectivity index (χ2v) is 14.9. The lowest BCUT2D eigenvalue weighted by Gasteiger charge is -2.24. The molecular formula is C54H40N6O2. The lowest BCUT2D eigenvalue weighted by Crippen LogP contribution is -2.33. The zero-order valence-electron chi connectivity index (χ0n) is 34.1. The van der Waals surface area contributed by atoms with Gasteiger partial charge in [0.25, 0.3) is 0 Å². The van der Waals surface area contributed by atoms with Gasteiger partial charge in [-0.2, -0.15) is 0 Å². The van der Waals surface area contributed by atoms with Crippen molar-refractivity contribution in [1.29, 1.82) is 0 Å². The van der Waals surface area contributed by atoms with E-state index in [2.05, 4.69) is 102 Å². The van der Waals surface area contributed by atoms with Crippen LogP contribution in [-0.4, -0.2) is 40.8 Å². The summed E-state index contributed by atoms with van der Waals surface area (Å²) in [7, 11) is 3.33. The van der Waals surface area contributed by atoms with Crippen molar-refractivity contribution in [3.63, 3.8) is 0 Å². The van der Waals surface area contributed by atoms with Crippen molar-refractivity contribution in [3.8, 4) is 67.9 Å². The van der Waals surface area contributed by atoms with E-state index in [-0.39, 0.29) is 6.17 Å². The molecule has 8 heteroatoms. The minimum atomic E-state index is -0.318. The monoisotopic (exact) mass is 804 g/mol. The number of nitrogens with one attached hydrogen (secondary N) is 1. The van der Waals surface area contributed by atoms with Crippen LogP contribution in [0.25, 0.3) is 67.2 Å². The quantitative estimate of drug-likeness (QED) is 0.148. The molecule has 62 heavy (non-hydrogen) atoms. The normalized spacial score (nSPS) is 13.5. The van der Waals surface area contributed by atoms with Gasteiger partial charge < -0.3 is 14.8 Å². The van der Waals surface area contributed by atoms with E-state index in [0.717, 1.165) is 83.7 Å². The number of nitrogens with zero attached hydrogens (tertiary/aromatic N) is 5. The van der Waals surface area contributed by atoms with Gasteiger partial charge in [0.1, 0.15) is 23.5 Å². The minimum absolute atomic E-state index is 0.318. The Morgan fingerprint density at radius 1 is 0.419 bits per heavy atom. The standard InChI is InChI=1S/C54H40N6O2/c1-61-44-29-25-38(26-30-44)51-55-49(36-13-5-3-6-14-36)57-53(59-51)42-21-9-19-40(33-42)46-23-11-17-35-18-12-24-47(48(35)46)41-20-10-22-43(34-41)54-58-50(37-15-7-4-8-16-37)56-52(60-54)39-27-31-45(62-2)32-28-39/h3-34,49H,1-2H3,(H,55,57,59). The predicted molar refractivity (Wildman–Crippen MR) is 249 cm³/mol. The average molecular weight is 805 g/mol. The van der Waals surface area contributed by atoms with Crippen molar-refractivity contribution >= 4 is 22.4 Å². The van der Waals surface area contributed by atoms with Crippen LogP contribution >= 0.6 is 0 Å². The second kappa shape index (κ2) is 16.8. The maximum atomic E-state index is 5.43. The van der Waals surface area contributed by atoms with Gasteiger partial charge in [-0.15, -0.1) is 0 Å². The molecule has 2 heterocycles. The largest absolute Gasteiger partial charge is 0.497 e. The summed E-state index contributed by atoms with van der Waals surface area (Å²) >= 11 is 0. The summed E-state index contributed by atoms with van der Waals surface area (Å²) in [5.74, 6) is 4.73. The minimum Gasteiger partial charge on any atom is -0.497 e. The number of aromatic nitrogens is 3. The van der Waals surface area contributed by atoms with Crippen LogP contribution in [0.3, 0.4) is 0 Å².